The molecule has 7 nitrogen and oxygen atoms in total. The second kappa shape index (κ2) is 8.83. The third-order valence-corrected chi connectivity index (χ3v) is 6.93. The van der Waals surface area contributed by atoms with Crippen LogP contribution >= 0.6 is 0 Å². The first-order chi connectivity index (χ1) is 13.4. The molecule has 0 aromatic heterocycles. The molecule has 1 aliphatic rings. The molecule has 8 heteroatoms. The molecular weight excluding hydrogens is 378 g/mol. The molecule has 1 N–H and O–H groups in total. The molecule has 0 aliphatic carbocycles. The van der Waals surface area contributed by atoms with E-state index in [0.29, 0.717) is 37.6 Å². The Kier molecular flexibility index (Phi) is 6.46. The molecule has 0 saturated carbocycles. The highest BCUT2D eigenvalue weighted by Gasteiger charge is 2.32. The zero-order chi connectivity index (χ0) is 20.1. The van der Waals surface area contributed by atoms with Crippen LogP contribution in [0.25, 0.3) is 0 Å². The van der Waals surface area contributed by atoms with Crippen molar-refractivity contribution < 1.29 is 17.9 Å². The van der Waals surface area contributed by atoms with E-state index in [1.165, 1.54) is 8.61 Å². The maximum atomic E-state index is 12.9. The zero-order valence-corrected chi connectivity index (χ0v) is 16.9. The lowest BCUT2D eigenvalue weighted by atomic mass is 10.1. The molecule has 150 valence electrons. The number of carbonyl (C=O) groups excluding carboxylic acids is 1. The minimum atomic E-state index is -3.59. The van der Waals surface area contributed by atoms with Crippen LogP contribution in [0.15, 0.2) is 54.6 Å². The summed E-state index contributed by atoms with van der Waals surface area (Å²) in [6, 6.07) is 15.8. The summed E-state index contributed by atoms with van der Waals surface area (Å²) in [4.78, 5) is 12.4. The molecular formula is C20H25N3O4S. The molecule has 0 spiro atoms. The van der Waals surface area contributed by atoms with Gasteiger partial charge < -0.3 is 10.1 Å². The molecule has 1 unspecified atom stereocenters. The molecule has 2 aromatic carbocycles. The molecule has 0 bridgehead atoms. The molecule has 0 radical (unpaired) electrons. The number of ether oxygens (including phenoxy) is 1. The van der Waals surface area contributed by atoms with Crippen LogP contribution in [0.1, 0.15) is 28.9 Å². The van der Waals surface area contributed by atoms with E-state index in [9.17, 15) is 13.2 Å². The van der Waals surface area contributed by atoms with Gasteiger partial charge in [-0.15, -0.1) is 0 Å². The van der Waals surface area contributed by atoms with Crippen molar-refractivity contribution in [1.82, 2.24) is 8.61 Å². The summed E-state index contributed by atoms with van der Waals surface area (Å²) < 4.78 is 33.8. The van der Waals surface area contributed by atoms with Crippen molar-refractivity contribution in [3.05, 3.63) is 65.7 Å². The standard InChI is InChI=1S/C20H25N3O4S/c1-16(22(2)28(25,26)23-11-13-27-14-12-23)18-9-6-10-19(15-18)21-20(24)17-7-4-3-5-8-17/h3-10,15-16H,11-14H2,1-2H3,(H,21,24). The van der Waals surface area contributed by atoms with Gasteiger partial charge in [0.25, 0.3) is 16.1 Å². The molecule has 1 fully saturated rings. The predicted octanol–water partition coefficient (Wildman–Crippen LogP) is 2.51. The van der Waals surface area contributed by atoms with Crippen molar-refractivity contribution in [3.63, 3.8) is 0 Å². The Morgan fingerprint density at radius 2 is 1.79 bits per heavy atom. The van der Waals surface area contributed by atoms with Crippen molar-refractivity contribution in [2.45, 2.75) is 13.0 Å². The van der Waals surface area contributed by atoms with E-state index in [4.69, 9.17) is 4.74 Å². The van der Waals surface area contributed by atoms with Crippen LogP contribution in [-0.2, 0) is 14.9 Å². The van der Waals surface area contributed by atoms with Gasteiger partial charge in [0.1, 0.15) is 0 Å². The fraction of sp³-hybridized carbons (Fsp3) is 0.350. The van der Waals surface area contributed by atoms with Gasteiger partial charge in [-0.1, -0.05) is 30.3 Å². The molecule has 2 aromatic rings. The maximum Gasteiger partial charge on any atom is 0.282 e. The second-order valence-electron chi connectivity index (χ2n) is 6.66. The van der Waals surface area contributed by atoms with Gasteiger partial charge >= 0.3 is 0 Å². The van der Waals surface area contributed by atoms with Gasteiger partial charge in [-0.25, -0.2) is 0 Å². The highest BCUT2D eigenvalue weighted by molar-refractivity contribution is 7.86. The van der Waals surface area contributed by atoms with Gasteiger partial charge in [0.2, 0.25) is 0 Å². The summed E-state index contributed by atoms with van der Waals surface area (Å²) in [5, 5.41) is 2.86. The number of nitrogens with one attached hydrogen (secondary N) is 1. The predicted molar refractivity (Wildman–Crippen MR) is 108 cm³/mol. The number of morpholine rings is 1. The van der Waals surface area contributed by atoms with Gasteiger partial charge in [0, 0.05) is 37.4 Å². The summed E-state index contributed by atoms with van der Waals surface area (Å²) >= 11 is 0. The van der Waals surface area contributed by atoms with E-state index in [2.05, 4.69) is 5.32 Å². The van der Waals surface area contributed by atoms with Crippen LogP contribution < -0.4 is 5.32 Å². The Balaban J connectivity index is 1.74. The smallest absolute Gasteiger partial charge is 0.282 e. The number of amides is 1. The van der Waals surface area contributed by atoms with Gasteiger partial charge in [-0.3, -0.25) is 4.79 Å². The summed E-state index contributed by atoms with van der Waals surface area (Å²) in [5.41, 5.74) is 1.98. The number of nitrogens with zero attached hydrogens (tertiary/aromatic N) is 2. The lowest BCUT2D eigenvalue weighted by Crippen LogP contribution is -2.47. The SMILES string of the molecule is CC(c1cccc(NC(=O)c2ccccc2)c1)N(C)S(=O)(=O)N1CCOCC1. The average Bonchev–Trinajstić information content (AvgIpc) is 2.74. The highest BCUT2D eigenvalue weighted by atomic mass is 32.2. The van der Waals surface area contributed by atoms with Crippen molar-refractivity contribution in [3.8, 4) is 0 Å². The fourth-order valence-electron chi connectivity index (χ4n) is 3.04. The number of carbonyl (C=O) groups is 1. The number of hydrogen-bond donors (Lipinski definition) is 1. The number of anilines is 1. The summed E-state index contributed by atoms with van der Waals surface area (Å²) in [5.74, 6) is -0.209. The van der Waals surface area contributed by atoms with Crippen LogP contribution in [0.5, 0.6) is 0 Å². The summed E-state index contributed by atoms with van der Waals surface area (Å²) in [6.07, 6.45) is 0. The molecule has 1 saturated heterocycles. The Hall–Kier alpha value is -2.26. The molecule has 1 heterocycles. The molecule has 3 rings (SSSR count). The van der Waals surface area contributed by atoms with E-state index in [-0.39, 0.29) is 11.9 Å². The summed E-state index contributed by atoms with van der Waals surface area (Å²) in [6.45, 7) is 3.35. The summed E-state index contributed by atoms with van der Waals surface area (Å²) in [7, 11) is -2.01. The molecule has 28 heavy (non-hydrogen) atoms. The van der Waals surface area contributed by atoms with Gasteiger partial charge in [-0.2, -0.15) is 17.0 Å². The Morgan fingerprint density at radius 1 is 1.11 bits per heavy atom. The zero-order valence-electron chi connectivity index (χ0n) is 16.0. The third-order valence-electron chi connectivity index (χ3n) is 4.87. The highest BCUT2D eigenvalue weighted by Crippen LogP contribution is 2.26. The van der Waals surface area contributed by atoms with Crippen molar-refractivity contribution in [2.24, 2.45) is 0 Å². The molecule has 1 atom stereocenters. The van der Waals surface area contributed by atoms with E-state index < -0.39 is 10.2 Å². The minimum absolute atomic E-state index is 0.209. The Labute approximate surface area is 166 Å². The molecule has 1 aliphatic heterocycles. The van der Waals surface area contributed by atoms with Gasteiger partial charge in [0.15, 0.2) is 0 Å². The topological polar surface area (TPSA) is 79.0 Å². The van der Waals surface area contributed by atoms with Crippen LogP contribution in [0.3, 0.4) is 0 Å². The number of rotatable bonds is 6. The van der Waals surface area contributed by atoms with E-state index in [1.807, 2.05) is 25.1 Å². The molecule has 1 amide bonds. The second-order valence-corrected chi connectivity index (χ2v) is 8.65. The van der Waals surface area contributed by atoms with Crippen LogP contribution in [0, 0.1) is 0 Å². The normalized spacial score (nSPS) is 16.7. The average molecular weight is 404 g/mol. The quantitative estimate of drug-likeness (QED) is 0.804. The van der Waals surface area contributed by atoms with Crippen molar-refractivity contribution in [2.75, 3.05) is 38.7 Å². The van der Waals surface area contributed by atoms with Gasteiger partial charge in [0.05, 0.1) is 13.2 Å². The van der Waals surface area contributed by atoms with Crippen molar-refractivity contribution >= 4 is 21.8 Å². The third kappa shape index (κ3) is 4.59. The Bertz CT molecular complexity index is 912. The van der Waals surface area contributed by atoms with E-state index >= 15 is 0 Å². The first-order valence-electron chi connectivity index (χ1n) is 9.17. The van der Waals surface area contributed by atoms with Gasteiger partial charge in [-0.05, 0) is 36.8 Å². The first-order valence-corrected chi connectivity index (χ1v) is 10.6. The van der Waals surface area contributed by atoms with Crippen molar-refractivity contribution in [1.29, 1.82) is 0 Å². The van der Waals surface area contributed by atoms with Crippen LogP contribution in [0.4, 0.5) is 5.69 Å². The van der Waals surface area contributed by atoms with E-state index in [1.54, 1.807) is 43.4 Å². The largest absolute Gasteiger partial charge is 0.379 e. The van der Waals surface area contributed by atoms with Crippen LogP contribution in [-0.4, -0.2) is 56.3 Å². The fourth-order valence-corrected chi connectivity index (χ4v) is 4.53. The van der Waals surface area contributed by atoms with E-state index in [0.717, 1.165) is 5.56 Å². The minimum Gasteiger partial charge on any atom is -0.379 e. The monoisotopic (exact) mass is 403 g/mol. The Morgan fingerprint density at radius 3 is 2.46 bits per heavy atom. The number of hydrogen-bond acceptors (Lipinski definition) is 4. The van der Waals surface area contributed by atoms with Crippen LogP contribution in [0.2, 0.25) is 0 Å². The first kappa shape index (κ1) is 20.5. The maximum absolute atomic E-state index is 12.9. The lowest BCUT2D eigenvalue weighted by molar-refractivity contribution is 0.0700. The lowest BCUT2D eigenvalue weighted by Gasteiger charge is -2.33. The number of benzene rings is 2.